The summed E-state index contributed by atoms with van der Waals surface area (Å²) < 4.78 is 29.3. The van der Waals surface area contributed by atoms with Gasteiger partial charge >= 0.3 is 17.4 Å². The summed E-state index contributed by atoms with van der Waals surface area (Å²) in [7, 11) is 3.16. The third-order valence-corrected chi connectivity index (χ3v) is 13.1. The van der Waals surface area contributed by atoms with Crippen LogP contribution in [0.2, 0.25) is 11.2 Å². The third kappa shape index (κ3) is 3.98. The van der Waals surface area contributed by atoms with Gasteiger partial charge in [0, 0.05) is 35.5 Å². The highest BCUT2D eigenvalue weighted by Crippen LogP contribution is 2.37. The van der Waals surface area contributed by atoms with E-state index in [1.54, 1.807) is 35.5 Å². The van der Waals surface area contributed by atoms with E-state index in [4.69, 9.17) is 22.1 Å². The number of hydrogen-bond acceptors (Lipinski definition) is 5. The van der Waals surface area contributed by atoms with Crippen molar-refractivity contribution in [1.29, 1.82) is 0 Å². The molecule has 0 aromatic rings. The molecule has 0 heterocycles. The molecule has 5 nitrogen and oxygen atoms in total. The van der Waals surface area contributed by atoms with Gasteiger partial charge in [0.1, 0.15) is 0 Å². The van der Waals surface area contributed by atoms with Crippen LogP contribution in [0.1, 0.15) is 13.3 Å². The van der Waals surface area contributed by atoms with Crippen LogP contribution in [0.25, 0.3) is 0 Å². The summed E-state index contributed by atoms with van der Waals surface area (Å²) in [6, 6.07) is 0.912. The van der Waals surface area contributed by atoms with Gasteiger partial charge in [0.25, 0.3) is 0 Å². The minimum absolute atomic E-state index is 0.0166. The number of halogens is 1. The second kappa shape index (κ2) is 9.00. The van der Waals surface area contributed by atoms with Gasteiger partial charge in [0.2, 0.25) is 0 Å². The average Bonchev–Trinajstić information content (AvgIpc) is 2.43. The van der Waals surface area contributed by atoms with E-state index >= 15 is 0 Å². The Morgan fingerprint density at radius 3 is 1.61 bits per heavy atom. The summed E-state index contributed by atoms with van der Waals surface area (Å²) >= 11 is 2.36. The van der Waals surface area contributed by atoms with Gasteiger partial charge in [-0.05, 0) is 16.9 Å². The Labute approximate surface area is 126 Å². The summed E-state index contributed by atoms with van der Waals surface area (Å²) in [6.45, 7) is 2.05. The third-order valence-electron chi connectivity index (χ3n) is 3.39. The largest absolute Gasteiger partial charge is 0.505 e. The van der Waals surface area contributed by atoms with Crippen molar-refractivity contribution in [2.24, 2.45) is 0 Å². The van der Waals surface area contributed by atoms with Crippen molar-refractivity contribution < 1.29 is 22.1 Å². The monoisotopic (exact) mass is 408 g/mol. The van der Waals surface area contributed by atoms with Crippen LogP contribution in [-0.2, 0) is 22.1 Å². The first-order valence-corrected chi connectivity index (χ1v) is 11.3. The van der Waals surface area contributed by atoms with Crippen molar-refractivity contribution in [3.63, 3.8) is 0 Å². The summed E-state index contributed by atoms with van der Waals surface area (Å²) in [6.07, 6.45) is 1.06. The van der Waals surface area contributed by atoms with Gasteiger partial charge in [-0.25, -0.2) is 0 Å². The fourth-order valence-corrected chi connectivity index (χ4v) is 11.6. The Bertz CT molecular complexity index is 216. The van der Waals surface area contributed by atoms with Gasteiger partial charge in [-0.15, -0.1) is 0 Å². The predicted octanol–water partition coefficient (Wildman–Crippen LogP) is 2.35. The van der Waals surface area contributed by atoms with E-state index in [2.05, 4.69) is 29.5 Å². The molecule has 0 fully saturated rings. The first-order valence-electron chi connectivity index (χ1n) is 5.84. The molecule has 18 heavy (non-hydrogen) atoms. The molecule has 0 aliphatic carbocycles. The van der Waals surface area contributed by atoms with E-state index in [9.17, 15) is 0 Å². The smallest absolute Gasteiger partial charge is 0.397 e. The van der Waals surface area contributed by atoms with Gasteiger partial charge < -0.3 is 22.1 Å². The number of alkyl halides is 1. The van der Waals surface area contributed by atoms with E-state index in [1.807, 2.05) is 0 Å². The molecule has 0 saturated heterocycles. The molecule has 0 saturated carbocycles. The van der Waals surface area contributed by atoms with E-state index in [0.717, 1.165) is 16.9 Å². The van der Waals surface area contributed by atoms with Crippen molar-refractivity contribution in [3.05, 3.63) is 0 Å². The van der Waals surface area contributed by atoms with Crippen LogP contribution in [0.15, 0.2) is 0 Å². The highest BCUT2D eigenvalue weighted by Gasteiger charge is 2.58. The fraction of sp³-hybridized carbons (Fsp3) is 1.00. The molecule has 0 aromatic carbocycles. The van der Waals surface area contributed by atoms with E-state index in [0.29, 0.717) is 0 Å². The first-order chi connectivity index (χ1) is 8.52. The summed E-state index contributed by atoms with van der Waals surface area (Å²) in [5.74, 6) is 0. The van der Waals surface area contributed by atoms with E-state index < -0.39 is 17.4 Å². The zero-order chi connectivity index (χ0) is 14.2. The lowest BCUT2D eigenvalue weighted by Crippen LogP contribution is -2.59. The van der Waals surface area contributed by atoms with Crippen LogP contribution in [0.4, 0.5) is 0 Å². The molecule has 0 aliphatic heterocycles. The van der Waals surface area contributed by atoms with Crippen LogP contribution < -0.4 is 0 Å². The Kier molecular flexibility index (Phi) is 9.48. The molecule has 1 atom stereocenters. The fourth-order valence-electron chi connectivity index (χ4n) is 2.22. The van der Waals surface area contributed by atoms with Gasteiger partial charge in [-0.3, -0.25) is 0 Å². The summed E-state index contributed by atoms with van der Waals surface area (Å²) in [4.78, 5) is 0. The van der Waals surface area contributed by atoms with Crippen LogP contribution in [0.5, 0.6) is 0 Å². The zero-order valence-corrected chi connectivity index (χ0v) is 16.3. The van der Waals surface area contributed by atoms with Crippen molar-refractivity contribution >= 4 is 40.0 Å². The molecule has 0 rings (SSSR count). The van der Waals surface area contributed by atoms with Gasteiger partial charge in [-0.1, -0.05) is 29.5 Å². The van der Waals surface area contributed by atoms with Gasteiger partial charge in [0.05, 0.1) is 5.16 Å². The zero-order valence-electron chi connectivity index (χ0n) is 12.1. The maximum Gasteiger partial charge on any atom is 0.505 e. The van der Waals surface area contributed by atoms with E-state index in [1.165, 1.54) is 0 Å². The molecule has 8 heteroatoms. The molecule has 0 radical (unpaired) electrons. The number of rotatable bonds is 10. The van der Waals surface area contributed by atoms with Crippen molar-refractivity contribution in [2.45, 2.75) is 24.6 Å². The molecule has 0 bridgehead atoms. The lowest BCUT2D eigenvalue weighted by Gasteiger charge is -2.39. The highest BCUT2D eigenvalue weighted by molar-refractivity contribution is 14.1. The minimum Gasteiger partial charge on any atom is -0.397 e. The van der Waals surface area contributed by atoms with Crippen LogP contribution >= 0.6 is 22.6 Å². The molecular weight excluding hydrogens is 383 g/mol. The average molecular weight is 408 g/mol. The standard InChI is InChI=1S/C10H25IO5Si2/c1-10(18(14-4,15-5)16-6)17(12-2,13-3)9-7-8-11/h10H,7-9H2,1-6H3. The topological polar surface area (TPSA) is 46.2 Å². The van der Waals surface area contributed by atoms with Crippen molar-refractivity contribution in [3.8, 4) is 0 Å². The normalized spacial score (nSPS) is 14.8. The van der Waals surface area contributed by atoms with Crippen LogP contribution in [0, 0.1) is 0 Å². The molecule has 110 valence electrons. The van der Waals surface area contributed by atoms with Gasteiger partial charge in [0.15, 0.2) is 0 Å². The van der Waals surface area contributed by atoms with Crippen LogP contribution in [0.3, 0.4) is 0 Å². The first kappa shape index (κ1) is 19.0. The van der Waals surface area contributed by atoms with Crippen LogP contribution in [-0.4, -0.2) is 57.3 Å². The van der Waals surface area contributed by atoms with Crippen molar-refractivity contribution in [1.82, 2.24) is 0 Å². The Morgan fingerprint density at radius 1 is 0.889 bits per heavy atom. The quantitative estimate of drug-likeness (QED) is 0.316. The predicted molar refractivity (Wildman–Crippen MR) is 84.3 cm³/mol. The Morgan fingerprint density at radius 2 is 1.33 bits per heavy atom. The Balaban J connectivity index is 5.20. The lowest BCUT2D eigenvalue weighted by atomic mass is 10.6. The summed E-state index contributed by atoms with van der Waals surface area (Å²) in [5.41, 5.74) is 0. The molecule has 0 aliphatic rings. The maximum atomic E-state index is 5.77. The van der Waals surface area contributed by atoms with E-state index in [-0.39, 0.29) is 5.16 Å². The second-order valence-electron chi connectivity index (χ2n) is 3.95. The summed E-state index contributed by atoms with van der Waals surface area (Å²) in [5, 5.41) is 0.0166. The molecule has 0 N–H and O–H groups in total. The SMILES string of the molecule is CO[Si](CCCI)(OC)C(C)[Si](OC)(OC)OC. The molecule has 0 amide bonds. The molecule has 0 aromatic heterocycles. The van der Waals surface area contributed by atoms with Gasteiger partial charge in [-0.2, -0.15) is 0 Å². The lowest BCUT2D eigenvalue weighted by molar-refractivity contribution is 0.111. The minimum atomic E-state index is -2.74. The highest BCUT2D eigenvalue weighted by atomic mass is 127. The Hall–Kier alpha value is 0.964. The number of hydrogen-bond donors (Lipinski definition) is 0. The molecule has 0 spiro atoms. The molecular formula is C10H25IO5Si2. The second-order valence-corrected chi connectivity index (χ2v) is 12.7. The molecule has 1 unspecified atom stereocenters. The maximum absolute atomic E-state index is 5.77. The van der Waals surface area contributed by atoms with Crippen molar-refractivity contribution in [2.75, 3.05) is 40.0 Å².